The van der Waals surface area contributed by atoms with Gasteiger partial charge in [0.15, 0.2) is 0 Å². The number of aliphatic hydroxyl groups is 1. The quantitative estimate of drug-likeness (QED) is 0.202. The summed E-state index contributed by atoms with van der Waals surface area (Å²) in [6, 6.07) is 0. The molecular formula is C26H44O6. The number of hydrogen-bond acceptors (Lipinski definition) is 6. The predicted octanol–water partition coefficient (Wildman–Crippen LogP) is 5.00. The van der Waals surface area contributed by atoms with Gasteiger partial charge in [-0.2, -0.15) is 0 Å². The normalized spacial score (nSPS) is 20.2. The minimum atomic E-state index is -0.955. The molecule has 0 saturated heterocycles. The summed E-state index contributed by atoms with van der Waals surface area (Å²) in [6.45, 7) is 11.4. The Morgan fingerprint density at radius 3 is 2.06 bits per heavy atom. The van der Waals surface area contributed by atoms with Crippen LogP contribution in [0.25, 0.3) is 0 Å². The van der Waals surface area contributed by atoms with Crippen molar-refractivity contribution in [2.45, 2.75) is 84.2 Å². The lowest BCUT2D eigenvalue weighted by molar-refractivity contribution is -0.145. The van der Waals surface area contributed by atoms with E-state index in [2.05, 4.69) is 20.1 Å². The summed E-state index contributed by atoms with van der Waals surface area (Å²) in [5.74, 6) is 0.315. The van der Waals surface area contributed by atoms with Crippen molar-refractivity contribution in [3.05, 3.63) is 24.3 Å². The second-order valence-corrected chi connectivity index (χ2v) is 9.26. The van der Waals surface area contributed by atoms with E-state index in [1.807, 2.05) is 0 Å². The molecule has 1 saturated carbocycles. The van der Waals surface area contributed by atoms with Gasteiger partial charge in [-0.3, -0.25) is 0 Å². The molecule has 0 aliphatic heterocycles. The lowest BCUT2D eigenvalue weighted by atomic mass is 9.77. The van der Waals surface area contributed by atoms with E-state index >= 15 is 0 Å². The van der Waals surface area contributed by atoms with Crippen LogP contribution in [0, 0.1) is 17.8 Å². The summed E-state index contributed by atoms with van der Waals surface area (Å²) in [4.78, 5) is 24.1. The van der Waals surface area contributed by atoms with Crippen LogP contribution in [0.5, 0.6) is 0 Å². The summed E-state index contributed by atoms with van der Waals surface area (Å²) in [6.07, 6.45) is 11.3. The molecule has 184 valence electrons. The Labute approximate surface area is 194 Å². The first-order valence-corrected chi connectivity index (χ1v) is 12.2. The molecule has 2 atom stereocenters. The van der Waals surface area contributed by atoms with Crippen molar-refractivity contribution in [3.63, 3.8) is 0 Å². The second-order valence-electron chi connectivity index (χ2n) is 9.26. The van der Waals surface area contributed by atoms with Gasteiger partial charge in [-0.1, -0.05) is 71.4 Å². The van der Waals surface area contributed by atoms with Crippen LogP contribution < -0.4 is 0 Å². The minimum Gasteiger partial charge on any atom is -0.462 e. The van der Waals surface area contributed by atoms with Crippen LogP contribution in [-0.4, -0.2) is 50.1 Å². The highest BCUT2D eigenvalue weighted by Crippen LogP contribution is 2.35. The second kappa shape index (κ2) is 16.0. The third-order valence-electron chi connectivity index (χ3n) is 6.44. The molecule has 0 radical (unpaired) electrons. The molecule has 6 heteroatoms. The Bertz CT molecular complexity index is 589. The Morgan fingerprint density at radius 2 is 1.53 bits per heavy atom. The molecule has 32 heavy (non-hydrogen) atoms. The van der Waals surface area contributed by atoms with Crippen LogP contribution in [-0.2, 0) is 23.8 Å². The van der Waals surface area contributed by atoms with Gasteiger partial charge in [0.2, 0.25) is 0 Å². The van der Waals surface area contributed by atoms with Crippen molar-refractivity contribution in [1.82, 2.24) is 0 Å². The van der Waals surface area contributed by atoms with Crippen molar-refractivity contribution in [3.8, 4) is 0 Å². The summed E-state index contributed by atoms with van der Waals surface area (Å²) < 4.78 is 15.7. The Hall–Kier alpha value is -1.66. The fraction of sp³-hybridized carbons (Fsp3) is 0.769. The molecule has 0 amide bonds. The van der Waals surface area contributed by atoms with Gasteiger partial charge in [0.05, 0.1) is 37.1 Å². The molecule has 1 N–H and O–H groups in total. The molecule has 0 aromatic rings. The molecule has 2 unspecified atom stereocenters. The maximum absolute atomic E-state index is 12.1. The Morgan fingerprint density at radius 1 is 0.969 bits per heavy atom. The Balaban J connectivity index is 2.51. The van der Waals surface area contributed by atoms with Gasteiger partial charge in [-0.05, 0) is 31.6 Å². The molecule has 0 aromatic carbocycles. The molecular weight excluding hydrogens is 408 g/mol. The van der Waals surface area contributed by atoms with E-state index in [1.165, 1.54) is 65.4 Å². The zero-order valence-electron chi connectivity index (χ0n) is 20.4. The molecule has 6 nitrogen and oxygen atoms in total. The number of unbranched alkanes of at least 4 members (excludes halogenated alkanes) is 2. The maximum Gasteiger partial charge on any atom is 0.336 e. The molecule has 0 bridgehead atoms. The van der Waals surface area contributed by atoms with Crippen molar-refractivity contribution in [1.29, 1.82) is 0 Å². The van der Waals surface area contributed by atoms with Gasteiger partial charge < -0.3 is 19.3 Å². The number of methoxy groups -OCH3 is 1. The van der Waals surface area contributed by atoms with Gasteiger partial charge in [0.25, 0.3) is 0 Å². The van der Waals surface area contributed by atoms with E-state index in [4.69, 9.17) is 14.2 Å². The van der Waals surface area contributed by atoms with Crippen LogP contribution in [0.2, 0.25) is 0 Å². The summed E-state index contributed by atoms with van der Waals surface area (Å²) in [7, 11) is 1.49. The summed E-state index contributed by atoms with van der Waals surface area (Å²) in [5.41, 5.74) is 0.280. The fourth-order valence-electron chi connectivity index (χ4n) is 4.16. The third-order valence-corrected chi connectivity index (χ3v) is 6.44. The fourth-order valence-corrected chi connectivity index (χ4v) is 4.16. The van der Waals surface area contributed by atoms with Gasteiger partial charge >= 0.3 is 11.9 Å². The molecule has 0 heterocycles. The SMILES string of the molecule is C=C(COC)C(=O)OCC(CCC1CCC(CCCCC)CC1)COC(=O)C(=C)C(C)O. The number of carbonyl (C=O) groups excluding carboxylic acids is 2. The van der Waals surface area contributed by atoms with Crippen molar-refractivity contribution in [2.75, 3.05) is 26.9 Å². The zero-order valence-corrected chi connectivity index (χ0v) is 20.4. The standard InChI is InChI=1S/C26H44O6/c1-6-7-8-9-22-10-12-23(13-11-22)14-15-24(17-31-25(28)19(2)16-30-5)18-32-26(29)20(3)21(4)27/h21-24,27H,2-3,6-18H2,1,4-5H3. The first kappa shape index (κ1) is 28.4. The van der Waals surface area contributed by atoms with E-state index in [-0.39, 0.29) is 36.9 Å². The molecule has 1 rings (SSSR count). The topological polar surface area (TPSA) is 82.1 Å². The Kier molecular flexibility index (Phi) is 14.2. The van der Waals surface area contributed by atoms with Gasteiger partial charge in [-0.15, -0.1) is 0 Å². The number of aliphatic hydroxyl groups excluding tert-OH is 1. The molecule has 1 aliphatic rings. The van der Waals surface area contributed by atoms with Crippen molar-refractivity contribution >= 4 is 11.9 Å². The third kappa shape index (κ3) is 11.3. The number of carbonyl (C=O) groups is 2. The zero-order chi connectivity index (χ0) is 23.9. The molecule has 0 aromatic heterocycles. The van der Waals surface area contributed by atoms with Crippen LogP contribution in [0.3, 0.4) is 0 Å². The number of rotatable bonds is 16. The van der Waals surface area contributed by atoms with E-state index in [1.54, 1.807) is 0 Å². The maximum atomic E-state index is 12.1. The minimum absolute atomic E-state index is 0.0237. The molecule has 1 fully saturated rings. The van der Waals surface area contributed by atoms with E-state index in [0.717, 1.165) is 18.8 Å². The van der Waals surface area contributed by atoms with Gasteiger partial charge in [-0.25, -0.2) is 9.59 Å². The smallest absolute Gasteiger partial charge is 0.336 e. The summed E-state index contributed by atoms with van der Waals surface area (Å²) in [5, 5.41) is 9.52. The van der Waals surface area contributed by atoms with Crippen LogP contribution in [0.1, 0.15) is 78.1 Å². The van der Waals surface area contributed by atoms with Gasteiger partial charge in [0.1, 0.15) is 0 Å². The average Bonchev–Trinajstić information content (AvgIpc) is 2.78. The predicted molar refractivity (Wildman–Crippen MR) is 126 cm³/mol. The monoisotopic (exact) mass is 452 g/mol. The van der Waals surface area contributed by atoms with Gasteiger partial charge in [0, 0.05) is 13.0 Å². The van der Waals surface area contributed by atoms with E-state index in [9.17, 15) is 14.7 Å². The van der Waals surface area contributed by atoms with Crippen LogP contribution in [0.4, 0.5) is 0 Å². The highest BCUT2D eigenvalue weighted by atomic mass is 16.5. The largest absolute Gasteiger partial charge is 0.462 e. The lowest BCUT2D eigenvalue weighted by Gasteiger charge is -2.29. The average molecular weight is 453 g/mol. The lowest BCUT2D eigenvalue weighted by Crippen LogP contribution is -2.25. The van der Waals surface area contributed by atoms with E-state index < -0.39 is 18.0 Å². The highest BCUT2D eigenvalue weighted by Gasteiger charge is 2.24. The molecule has 1 aliphatic carbocycles. The van der Waals surface area contributed by atoms with Crippen LogP contribution >= 0.6 is 0 Å². The summed E-state index contributed by atoms with van der Waals surface area (Å²) >= 11 is 0. The number of esters is 2. The van der Waals surface area contributed by atoms with Crippen molar-refractivity contribution < 1.29 is 28.9 Å². The first-order chi connectivity index (χ1) is 15.3. The van der Waals surface area contributed by atoms with E-state index in [0.29, 0.717) is 5.92 Å². The molecule has 0 spiro atoms. The van der Waals surface area contributed by atoms with Crippen LogP contribution in [0.15, 0.2) is 24.3 Å². The number of hydrogen-bond donors (Lipinski definition) is 1. The first-order valence-electron chi connectivity index (χ1n) is 12.2. The van der Waals surface area contributed by atoms with Crippen molar-refractivity contribution in [2.24, 2.45) is 17.8 Å². The number of ether oxygens (including phenoxy) is 3. The highest BCUT2D eigenvalue weighted by molar-refractivity contribution is 5.88.